The molecular formula is C67H71Cl4LiN8O13. The zero-order chi connectivity index (χ0) is 64.9. The van der Waals surface area contributed by atoms with Gasteiger partial charge in [-0.15, -0.1) is 0 Å². The molecule has 21 nitrogen and oxygen atoms in total. The molecule has 2 saturated carbocycles. The molecule has 2 aliphatic carbocycles. The van der Waals surface area contributed by atoms with Crippen LogP contribution in [0, 0.1) is 11.8 Å². The summed E-state index contributed by atoms with van der Waals surface area (Å²) in [5, 5.41) is 21.5. The molecule has 6 N–H and O–H groups in total. The summed E-state index contributed by atoms with van der Waals surface area (Å²) >= 11 is 24.4. The first kappa shape index (κ1) is 72.7. The minimum Gasteiger partial charge on any atom is -0.870 e. The molecule has 0 spiro atoms. The molecule has 6 heterocycles. The van der Waals surface area contributed by atoms with Gasteiger partial charge in [0.05, 0.1) is 52.5 Å². The number of rotatable bonds is 22. The smallest absolute Gasteiger partial charge is 0.870 e. The van der Waals surface area contributed by atoms with Gasteiger partial charge in [-0.1, -0.05) is 94.9 Å². The zero-order valence-corrected chi connectivity index (χ0v) is 54.8. The number of nitrogens with one attached hydrogen (secondary N) is 4. The Kier molecular flexibility index (Phi) is 26.5. The summed E-state index contributed by atoms with van der Waals surface area (Å²) in [4.78, 5) is 116. The van der Waals surface area contributed by atoms with Crippen molar-refractivity contribution in [2.75, 3.05) is 32.0 Å². The van der Waals surface area contributed by atoms with Gasteiger partial charge in [-0.25, -0.2) is 9.59 Å². The van der Waals surface area contributed by atoms with Gasteiger partial charge < -0.3 is 55.9 Å². The molecule has 12 rings (SSSR count). The van der Waals surface area contributed by atoms with Crippen molar-refractivity contribution in [1.29, 1.82) is 0 Å². The zero-order valence-electron chi connectivity index (χ0n) is 51.8. The third-order valence-electron chi connectivity index (χ3n) is 17.3. The summed E-state index contributed by atoms with van der Waals surface area (Å²) < 4.78 is 15.6. The Morgan fingerprint density at radius 3 is 1.25 bits per heavy atom. The van der Waals surface area contributed by atoms with Gasteiger partial charge in [0, 0.05) is 73.9 Å². The third kappa shape index (κ3) is 18.4. The van der Waals surface area contributed by atoms with Gasteiger partial charge in [-0.3, -0.25) is 38.7 Å². The van der Waals surface area contributed by atoms with Crippen LogP contribution in [0.2, 0.25) is 20.1 Å². The van der Waals surface area contributed by atoms with Gasteiger partial charge in [0.2, 0.25) is 23.6 Å². The number of hydrogen-bond acceptors (Lipinski definition) is 14. The van der Waals surface area contributed by atoms with Crippen LogP contribution in [-0.4, -0.2) is 135 Å². The van der Waals surface area contributed by atoms with Crippen LogP contribution in [-0.2, 0) is 59.2 Å². The number of carbonyl (C=O) groups excluding carboxylic acids is 7. The van der Waals surface area contributed by atoms with Gasteiger partial charge in [0.25, 0.3) is 11.8 Å². The predicted molar refractivity (Wildman–Crippen MR) is 346 cm³/mol. The standard InChI is InChI=1S/C34H36Cl2N4O6.C33H34Cl2N4O6.Li.H2O/c1-45-25-5-3-4-20(16-25)8-15-29(41)40-24-13-9-22(10-14-24)31(40)33(43)39-28(34(44)46-2)17-21-6-11-23(12-7-21)38-32(42)30-26(35)18-37-19-27(30)36;1-45-24-4-2-3-19(15-24)7-14-28(40)39-23-12-8-21(9-13-23)30(39)32(42)38-27(33(43)44)16-20-5-10-22(11-6-20)37-31(41)29-25(34)17-36-18-26(29)35;;/h3-7,11-12,16,18-19,22,24,28,31H,8-10,13-15,17H2,1-2H3,(H,38,42)(H,39,43);2-6,10-11,15,17-18,21,23,27,30H,7-9,12-14,16H2,1H3,(H,37,41)(H,38,42)(H,43,44);;1H2/q;;+1;/p-1/t22?,24?,28-,31?;21?,23?,27-,30?;;/m00../s1. The minimum atomic E-state index is -1.21. The molecule has 6 amide bonds. The van der Waals surface area contributed by atoms with E-state index in [1.54, 1.807) is 72.6 Å². The Bertz CT molecular complexity index is 3610. The number of carbonyl (C=O) groups is 8. The maximum Gasteiger partial charge on any atom is 1.00 e. The van der Waals surface area contributed by atoms with E-state index < -0.39 is 53.8 Å². The number of anilines is 2. The van der Waals surface area contributed by atoms with E-state index in [0.717, 1.165) is 73.8 Å². The number of benzene rings is 4. The van der Waals surface area contributed by atoms with Crippen molar-refractivity contribution in [2.24, 2.45) is 11.8 Å². The number of amides is 6. The summed E-state index contributed by atoms with van der Waals surface area (Å²) in [6.07, 6.45) is 13.8. The topological polar surface area (TPSA) is 295 Å². The number of hydrogen-bond donors (Lipinski definition) is 5. The van der Waals surface area contributed by atoms with Crippen molar-refractivity contribution in [3.8, 4) is 11.5 Å². The summed E-state index contributed by atoms with van der Waals surface area (Å²) in [6.45, 7) is 0. The second kappa shape index (κ2) is 33.9. The molecule has 2 unspecified atom stereocenters. The molecule has 26 heteroatoms. The van der Waals surface area contributed by atoms with Crippen LogP contribution >= 0.6 is 46.4 Å². The fourth-order valence-electron chi connectivity index (χ4n) is 12.7. The number of esters is 1. The van der Waals surface area contributed by atoms with Crippen molar-refractivity contribution in [2.45, 2.75) is 126 Å². The third-order valence-corrected chi connectivity index (χ3v) is 18.4. The first-order valence-corrected chi connectivity index (χ1v) is 31.5. The molecule has 4 bridgehead atoms. The van der Waals surface area contributed by atoms with Gasteiger partial charge >= 0.3 is 30.8 Å². The molecule has 0 radical (unpaired) electrons. The number of aryl methyl sites for hydroxylation is 2. The van der Waals surface area contributed by atoms with Gasteiger partial charge in [0.15, 0.2) is 0 Å². The Balaban J connectivity index is 0.000000258. The summed E-state index contributed by atoms with van der Waals surface area (Å²) in [7, 11) is 4.47. The second-order valence-electron chi connectivity index (χ2n) is 23.0. The fraction of sp³-hybridized carbons (Fsp3) is 0.373. The van der Waals surface area contributed by atoms with Crippen LogP contribution in [0.4, 0.5) is 11.4 Å². The van der Waals surface area contributed by atoms with Crippen molar-refractivity contribution in [3.05, 3.63) is 175 Å². The first-order valence-electron chi connectivity index (χ1n) is 30.0. The Labute approximate surface area is 570 Å². The Hall–Kier alpha value is -7.74. The number of methoxy groups -OCH3 is 3. The number of nitrogens with zero attached hydrogens (tertiary/aromatic N) is 4. The number of halogens is 4. The molecule has 486 valence electrons. The van der Waals surface area contributed by atoms with Crippen molar-refractivity contribution >= 4 is 105 Å². The van der Waals surface area contributed by atoms with E-state index >= 15 is 0 Å². The number of carboxylic acids is 1. The maximum atomic E-state index is 13.8. The van der Waals surface area contributed by atoms with E-state index in [-0.39, 0.29) is 123 Å². The number of ether oxygens (including phenoxy) is 3. The van der Waals surface area contributed by atoms with E-state index in [2.05, 4.69) is 31.2 Å². The second-order valence-corrected chi connectivity index (χ2v) is 24.6. The van der Waals surface area contributed by atoms with Crippen LogP contribution in [0.5, 0.6) is 11.5 Å². The van der Waals surface area contributed by atoms with Crippen molar-refractivity contribution < 1.29 is 82.0 Å². The molecule has 6 aromatic rings. The molecule has 4 aromatic carbocycles. The van der Waals surface area contributed by atoms with E-state index in [0.29, 0.717) is 35.5 Å². The molecule has 4 saturated heterocycles. The minimum absolute atomic E-state index is 0. The van der Waals surface area contributed by atoms with Gasteiger partial charge in [-0.2, -0.15) is 0 Å². The molecule has 4 atom stereocenters. The van der Waals surface area contributed by atoms with Gasteiger partial charge in [0.1, 0.15) is 35.7 Å². The number of aromatic nitrogens is 2. The normalized spacial score (nSPS) is 18.9. The number of piperidine rings is 4. The quantitative estimate of drug-likeness (QED) is 0.0331. The fourth-order valence-corrected chi connectivity index (χ4v) is 13.8. The Morgan fingerprint density at radius 1 is 0.527 bits per heavy atom. The average molecular weight is 1350 g/mol. The van der Waals surface area contributed by atoms with Crippen LogP contribution in [0.1, 0.15) is 107 Å². The largest absolute Gasteiger partial charge is 1.00 e. The molecule has 2 aromatic heterocycles. The van der Waals surface area contributed by atoms with Crippen LogP contribution in [0.25, 0.3) is 0 Å². The number of aliphatic carboxylic acids is 1. The van der Waals surface area contributed by atoms with E-state index in [1.165, 1.54) is 31.9 Å². The van der Waals surface area contributed by atoms with Crippen LogP contribution in [0.3, 0.4) is 0 Å². The number of carboxylic acid groups (broad SMARTS) is 1. The summed E-state index contributed by atoms with van der Waals surface area (Å²) in [5.41, 5.74) is 4.45. The van der Waals surface area contributed by atoms with Crippen LogP contribution < -0.4 is 49.6 Å². The molecule has 6 fully saturated rings. The van der Waals surface area contributed by atoms with Gasteiger partial charge in [-0.05, 0) is 147 Å². The van der Waals surface area contributed by atoms with Crippen molar-refractivity contribution in [1.82, 2.24) is 30.4 Å². The number of pyridine rings is 2. The van der Waals surface area contributed by atoms with Crippen molar-refractivity contribution in [3.63, 3.8) is 0 Å². The number of fused-ring (bicyclic) bond motifs is 6. The molecular weight excluding hydrogens is 1270 g/mol. The van der Waals surface area contributed by atoms with E-state index in [9.17, 15) is 43.5 Å². The van der Waals surface area contributed by atoms with E-state index in [1.807, 2.05) is 48.5 Å². The average Bonchev–Trinajstić information content (AvgIpc) is 0.778. The van der Waals surface area contributed by atoms with Crippen LogP contribution in [0.15, 0.2) is 122 Å². The monoisotopic (exact) mass is 1340 g/mol. The predicted octanol–water partition coefficient (Wildman–Crippen LogP) is 7.24. The SMILES string of the molecule is COC(=O)[C@H](Cc1ccc(NC(=O)c2c(Cl)cncc2Cl)cc1)NC(=O)C1C2CCC(CC2)N1C(=O)CCc1cccc(OC)c1.COc1cccc(CCC(=O)N2C3CCC(CC3)C2C(=O)N[C@@H](Cc2ccc(NC(=O)c3c(Cl)cncc3Cl)cc2)C(=O)O)c1.[Li+].[OH-]. The summed E-state index contributed by atoms with van der Waals surface area (Å²) in [6, 6.07) is 25.0. The first-order chi connectivity index (χ1) is 43.8. The molecule has 93 heavy (non-hydrogen) atoms. The Morgan fingerprint density at radius 2 is 0.892 bits per heavy atom. The van der Waals surface area contributed by atoms with E-state index in [4.69, 9.17) is 60.6 Å². The maximum absolute atomic E-state index is 13.8. The molecule has 4 aliphatic heterocycles. The summed E-state index contributed by atoms with van der Waals surface area (Å²) in [5.74, 6) is -2.30. The molecule has 6 aliphatic rings.